The van der Waals surface area contributed by atoms with Gasteiger partial charge in [-0.3, -0.25) is 4.79 Å². The zero-order chi connectivity index (χ0) is 15.9. The standard InChI is InChI=1S/C20H32O2/c1-2-3-4-5-6-12-17-20(21)22-18-13-8-11-16-19-14-9-7-10-15-19/h7,9-10,14-15H,2-6,8,11-13,16-18H2,1H3. The highest BCUT2D eigenvalue weighted by molar-refractivity contribution is 5.69. The van der Waals surface area contributed by atoms with Crippen LogP contribution in [0.3, 0.4) is 0 Å². The van der Waals surface area contributed by atoms with Crippen molar-refractivity contribution in [2.24, 2.45) is 0 Å². The molecule has 2 heteroatoms. The molecular weight excluding hydrogens is 272 g/mol. The highest BCUT2D eigenvalue weighted by Gasteiger charge is 2.02. The van der Waals surface area contributed by atoms with E-state index in [1.807, 2.05) is 6.07 Å². The number of carbonyl (C=O) groups excluding carboxylic acids is 1. The number of carbonyl (C=O) groups is 1. The number of benzene rings is 1. The lowest BCUT2D eigenvalue weighted by Crippen LogP contribution is -2.05. The van der Waals surface area contributed by atoms with Gasteiger partial charge in [-0.2, -0.15) is 0 Å². The average Bonchev–Trinajstić information content (AvgIpc) is 2.55. The maximum Gasteiger partial charge on any atom is 0.305 e. The van der Waals surface area contributed by atoms with Crippen LogP contribution in [0.1, 0.15) is 76.7 Å². The predicted octanol–water partition coefficient (Wildman–Crippen LogP) is 5.69. The smallest absolute Gasteiger partial charge is 0.305 e. The molecule has 0 bridgehead atoms. The SMILES string of the molecule is CCCCCCCCC(=O)OCCCCCc1ccccc1. The number of aryl methyl sites for hydroxylation is 1. The fourth-order valence-electron chi connectivity index (χ4n) is 2.56. The van der Waals surface area contributed by atoms with Crippen LogP contribution in [-0.4, -0.2) is 12.6 Å². The summed E-state index contributed by atoms with van der Waals surface area (Å²) in [6, 6.07) is 10.5. The molecule has 1 aromatic carbocycles. The molecule has 0 atom stereocenters. The molecule has 0 radical (unpaired) electrons. The number of ether oxygens (including phenoxy) is 1. The van der Waals surface area contributed by atoms with E-state index < -0.39 is 0 Å². The van der Waals surface area contributed by atoms with Crippen molar-refractivity contribution in [3.05, 3.63) is 35.9 Å². The lowest BCUT2D eigenvalue weighted by molar-refractivity contribution is -0.143. The fourth-order valence-corrected chi connectivity index (χ4v) is 2.56. The second kappa shape index (κ2) is 13.4. The summed E-state index contributed by atoms with van der Waals surface area (Å²) in [7, 11) is 0. The largest absolute Gasteiger partial charge is 0.466 e. The van der Waals surface area contributed by atoms with Crippen LogP contribution in [0.5, 0.6) is 0 Å². The van der Waals surface area contributed by atoms with Gasteiger partial charge in [0.1, 0.15) is 0 Å². The molecule has 0 unspecified atom stereocenters. The van der Waals surface area contributed by atoms with E-state index in [0.717, 1.165) is 32.1 Å². The molecule has 0 spiro atoms. The molecule has 0 N–H and O–H groups in total. The van der Waals surface area contributed by atoms with E-state index in [2.05, 4.69) is 31.2 Å². The van der Waals surface area contributed by atoms with Gasteiger partial charge in [0.15, 0.2) is 0 Å². The van der Waals surface area contributed by atoms with Gasteiger partial charge in [0.2, 0.25) is 0 Å². The molecule has 0 saturated carbocycles. The first-order valence-corrected chi connectivity index (χ1v) is 9.02. The molecule has 1 aromatic rings. The van der Waals surface area contributed by atoms with Crippen LogP contribution in [0.2, 0.25) is 0 Å². The highest BCUT2D eigenvalue weighted by atomic mass is 16.5. The Hall–Kier alpha value is -1.31. The lowest BCUT2D eigenvalue weighted by Gasteiger charge is -2.05. The molecule has 0 aliphatic rings. The van der Waals surface area contributed by atoms with Crippen LogP contribution < -0.4 is 0 Å². The summed E-state index contributed by atoms with van der Waals surface area (Å²) in [5.41, 5.74) is 1.39. The Morgan fingerprint density at radius 3 is 2.32 bits per heavy atom. The van der Waals surface area contributed by atoms with E-state index >= 15 is 0 Å². The van der Waals surface area contributed by atoms with Crippen LogP contribution in [0.4, 0.5) is 0 Å². The van der Waals surface area contributed by atoms with Gasteiger partial charge < -0.3 is 4.74 Å². The monoisotopic (exact) mass is 304 g/mol. The molecule has 124 valence electrons. The lowest BCUT2D eigenvalue weighted by atomic mass is 10.1. The predicted molar refractivity (Wildman–Crippen MR) is 92.9 cm³/mol. The van der Waals surface area contributed by atoms with Crippen molar-refractivity contribution in [1.82, 2.24) is 0 Å². The molecule has 0 aliphatic carbocycles. The first-order valence-electron chi connectivity index (χ1n) is 9.02. The van der Waals surface area contributed by atoms with Crippen LogP contribution in [0, 0.1) is 0 Å². The third-order valence-electron chi connectivity index (χ3n) is 3.95. The highest BCUT2D eigenvalue weighted by Crippen LogP contribution is 2.09. The van der Waals surface area contributed by atoms with Crippen LogP contribution in [-0.2, 0) is 16.0 Å². The van der Waals surface area contributed by atoms with Crippen molar-refractivity contribution in [3.63, 3.8) is 0 Å². The van der Waals surface area contributed by atoms with Gasteiger partial charge in [-0.25, -0.2) is 0 Å². The first kappa shape index (κ1) is 18.7. The fraction of sp³-hybridized carbons (Fsp3) is 0.650. The van der Waals surface area contributed by atoms with E-state index in [-0.39, 0.29) is 5.97 Å². The average molecular weight is 304 g/mol. The third kappa shape index (κ3) is 10.4. The molecular formula is C20H32O2. The first-order chi connectivity index (χ1) is 10.8. The molecule has 1 rings (SSSR count). The summed E-state index contributed by atoms with van der Waals surface area (Å²) in [4.78, 5) is 11.6. The summed E-state index contributed by atoms with van der Waals surface area (Å²) >= 11 is 0. The minimum absolute atomic E-state index is 0.0152. The zero-order valence-electron chi connectivity index (χ0n) is 14.2. The Kier molecular flexibility index (Phi) is 11.4. The Balaban J connectivity index is 1.86. The van der Waals surface area contributed by atoms with Crippen molar-refractivity contribution < 1.29 is 9.53 Å². The number of hydrogen-bond acceptors (Lipinski definition) is 2. The van der Waals surface area contributed by atoms with Gasteiger partial charge in [-0.05, 0) is 37.7 Å². The van der Waals surface area contributed by atoms with E-state index in [1.165, 1.54) is 37.7 Å². The second-order valence-corrected chi connectivity index (χ2v) is 6.03. The Bertz CT molecular complexity index is 373. The van der Waals surface area contributed by atoms with Crippen molar-refractivity contribution in [2.75, 3.05) is 6.61 Å². The van der Waals surface area contributed by atoms with Gasteiger partial charge in [0.05, 0.1) is 6.61 Å². The normalized spacial score (nSPS) is 10.6. The van der Waals surface area contributed by atoms with E-state index in [9.17, 15) is 4.79 Å². The van der Waals surface area contributed by atoms with Crippen LogP contribution in [0.25, 0.3) is 0 Å². The maximum atomic E-state index is 11.6. The van der Waals surface area contributed by atoms with Crippen molar-refractivity contribution >= 4 is 5.97 Å². The summed E-state index contributed by atoms with van der Waals surface area (Å²) in [5.74, 6) is -0.0152. The zero-order valence-corrected chi connectivity index (χ0v) is 14.2. The minimum Gasteiger partial charge on any atom is -0.466 e. The maximum absolute atomic E-state index is 11.6. The molecule has 0 fully saturated rings. The Morgan fingerprint density at radius 2 is 1.55 bits per heavy atom. The molecule has 0 amide bonds. The Labute approximate surface area is 136 Å². The summed E-state index contributed by atoms with van der Waals surface area (Å²) in [6.07, 6.45) is 12.3. The molecule has 0 aliphatic heterocycles. The number of rotatable bonds is 13. The number of unbranched alkanes of at least 4 members (excludes halogenated alkanes) is 7. The summed E-state index contributed by atoms with van der Waals surface area (Å²) < 4.78 is 5.28. The quantitative estimate of drug-likeness (QED) is 0.345. The number of esters is 1. The molecule has 22 heavy (non-hydrogen) atoms. The van der Waals surface area contributed by atoms with E-state index in [1.54, 1.807) is 0 Å². The molecule has 0 saturated heterocycles. The van der Waals surface area contributed by atoms with Crippen molar-refractivity contribution in [2.45, 2.75) is 77.6 Å². The van der Waals surface area contributed by atoms with Gasteiger partial charge in [0.25, 0.3) is 0 Å². The van der Waals surface area contributed by atoms with Crippen LogP contribution in [0.15, 0.2) is 30.3 Å². The Morgan fingerprint density at radius 1 is 0.864 bits per heavy atom. The second-order valence-electron chi connectivity index (χ2n) is 6.03. The van der Waals surface area contributed by atoms with Crippen molar-refractivity contribution in [3.8, 4) is 0 Å². The molecule has 0 aromatic heterocycles. The summed E-state index contributed by atoms with van der Waals surface area (Å²) in [6.45, 7) is 2.81. The molecule has 0 heterocycles. The summed E-state index contributed by atoms with van der Waals surface area (Å²) in [5, 5.41) is 0. The topological polar surface area (TPSA) is 26.3 Å². The van der Waals surface area contributed by atoms with Crippen molar-refractivity contribution in [1.29, 1.82) is 0 Å². The molecule has 2 nitrogen and oxygen atoms in total. The van der Waals surface area contributed by atoms with Gasteiger partial charge in [-0.15, -0.1) is 0 Å². The van der Waals surface area contributed by atoms with Gasteiger partial charge >= 0.3 is 5.97 Å². The van der Waals surface area contributed by atoms with Crippen LogP contribution >= 0.6 is 0 Å². The van der Waals surface area contributed by atoms with Gasteiger partial charge in [0, 0.05) is 6.42 Å². The van der Waals surface area contributed by atoms with Gasteiger partial charge in [-0.1, -0.05) is 69.4 Å². The third-order valence-corrected chi connectivity index (χ3v) is 3.95. The van der Waals surface area contributed by atoms with E-state index in [4.69, 9.17) is 4.74 Å². The minimum atomic E-state index is -0.0152. The van der Waals surface area contributed by atoms with E-state index in [0.29, 0.717) is 13.0 Å². The number of hydrogen-bond donors (Lipinski definition) is 0.